The van der Waals surface area contributed by atoms with Crippen molar-refractivity contribution in [1.82, 2.24) is 4.90 Å². The summed E-state index contributed by atoms with van der Waals surface area (Å²) in [7, 11) is 3.12. The number of hydrogen-bond donors (Lipinski definition) is 0. The normalized spacial score (nSPS) is 11.7. The van der Waals surface area contributed by atoms with Crippen LogP contribution in [0.4, 0.5) is 4.39 Å². The molecular formula is C17H15BrFNO3. The first kappa shape index (κ1) is 17.1. The second-order valence-electron chi connectivity index (χ2n) is 5.05. The molecule has 0 heterocycles. The van der Waals surface area contributed by atoms with Crippen LogP contribution < -0.4 is 0 Å². The van der Waals surface area contributed by atoms with Gasteiger partial charge in [0, 0.05) is 24.1 Å². The molecule has 2 aromatic rings. The Morgan fingerprint density at radius 1 is 1.13 bits per heavy atom. The smallest absolute Gasteiger partial charge is 0.342 e. The number of hydrogen-bond acceptors (Lipinski definition) is 3. The van der Waals surface area contributed by atoms with E-state index < -0.39 is 23.8 Å². The van der Waals surface area contributed by atoms with Crippen LogP contribution in [0.25, 0.3) is 0 Å². The van der Waals surface area contributed by atoms with Crippen molar-refractivity contribution in [3.05, 3.63) is 69.9 Å². The van der Waals surface area contributed by atoms with Crippen LogP contribution in [0.3, 0.4) is 0 Å². The maximum absolute atomic E-state index is 13.9. The van der Waals surface area contributed by atoms with E-state index in [2.05, 4.69) is 15.9 Å². The lowest BCUT2D eigenvalue weighted by atomic mass is 10.1. The van der Waals surface area contributed by atoms with Gasteiger partial charge in [-0.05, 0) is 18.2 Å². The lowest BCUT2D eigenvalue weighted by Gasteiger charge is -2.21. The lowest BCUT2D eigenvalue weighted by molar-refractivity contribution is -0.138. The predicted molar refractivity (Wildman–Crippen MR) is 87.4 cm³/mol. The van der Waals surface area contributed by atoms with Gasteiger partial charge in [0.15, 0.2) is 0 Å². The molecule has 4 nitrogen and oxygen atoms in total. The second-order valence-corrected chi connectivity index (χ2v) is 5.97. The minimum Gasteiger partial charge on any atom is -0.444 e. The van der Waals surface area contributed by atoms with Gasteiger partial charge in [-0.2, -0.15) is 0 Å². The number of carbonyl (C=O) groups is 2. The molecule has 23 heavy (non-hydrogen) atoms. The molecule has 0 aliphatic heterocycles. The number of carbonyl (C=O) groups excluding carboxylic acids is 2. The molecule has 0 bridgehead atoms. The van der Waals surface area contributed by atoms with Gasteiger partial charge in [-0.25, -0.2) is 9.18 Å². The van der Waals surface area contributed by atoms with E-state index in [0.717, 1.165) is 0 Å². The zero-order valence-electron chi connectivity index (χ0n) is 12.6. The van der Waals surface area contributed by atoms with E-state index >= 15 is 0 Å². The topological polar surface area (TPSA) is 46.6 Å². The van der Waals surface area contributed by atoms with Crippen LogP contribution in [0.2, 0.25) is 0 Å². The molecule has 0 unspecified atom stereocenters. The van der Waals surface area contributed by atoms with Crippen LogP contribution >= 0.6 is 15.9 Å². The second kappa shape index (κ2) is 7.37. The number of likely N-dealkylation sites (N-methyl/N-ethyl adjacent to an activating group) is 1. The average molecular weight is 380 g/mol. The number of benzene rings is 2. The molecule has 1 atom stereocenters. The zero-order valence-corrected chi connectivity index (χ0v) is 14.2. The molecule has 1 amide bonds. The molecule has 0 fully saturated rings. The van der Waals surface area contributed by atoms with Crippen molar-refractivity contribution in [2.24, 2.45) is 0 Å². The standard InChI is InChI=1S/C17H15BrFNO3/c1-20(2)16(21)15(11-6-4-3-5-7-11)23-17(22)13-9-8-12(18)10-14(13)19/h3-10,15H,1-2H3/t15-/m1/s1. The third-order valence-electron chi connectivity index (χ3n) is 3.14. The Bertz CT molecular complexity index is 719. The first-order valence-electron chi connectivity index (χ1n) is 6.82. The highest BCUT2D eigenvalue weighted by atomic mass is 79.9. The number of amides is 1. The third-order valence-corrected chi connectivity index (χ3v) is 3.64. The third kappa shape index (κ3) is 4.16. The summed E-state index contributed by atoms with van der Waals surface area (Å²) in [6.45, 7) is 0. The van der Waals surface area contributed by atoms with Crippen molar-refractivity contribution < 1.29 is 18.7 Å². The first-order chi connectivity index (χ1) is 10.9. The SMILES string of the molecule is CN(C)C(=O)[C@H](OC(=O)c1ccc(Br)cc1F)c1ccccc1. The summed E-state index contributed by atoms with van der Waals surface area (Å²) >= 11 is 3.12. The summed E-state index contributed by atoms with van der Waals surface area (Å²) in [5.41, 5.74) is 0.303. The summed E-state index contributed by atoms with van der Waals surface area (Å²) in [5, 5.41) is 0. The molecule has 6 heteroatoms. The van der Waals surface area contributed by atoms with E-state index in [1.165, 1.54) is 23.1 Å². The number of ether oxygens (including phenoxy) is 1. The molecule has 0 aromatic heterocycles. The van der Waals surface area contributed by atoms with E-state index in [1.54, 1.807) is 44.4 Å². The van der Waals surface area contributed by atoms with E-state index in [4.69, 9.17) is 4.74 Å². The fraction of sp³-hybridized carbons (Fsp3) is 0.176. The van der Waals surface area contributed by atoms with Crippen LogP contribution in [-0.4, -0.2) is 30.9 Å². The highest BCUT2D eigenvalue weighted by Gasteiger charge is 2.28. The predicted octanol–water partition coefficient (Wildman–Crippen LogP) is 3.57. The monoisotopic (exact) mass is 379 g/mol. The fourth-order valence-corrected chi connectivity index (χ4v) is 2.28. The van der Waals surface area contributed by atoms with Gasteiger partial charge in [-0.1, -0.05) is 46.3 Å². The van der Waals surface area contributed by atoms with E-state index in [1.807, 2.05) is 0 Å². The Labute approximate surface area is 142 Å². The van der Waals surface area contributed by atoms with Crippen molar-refractivity contribution in [2.45, 2.75) is 6.10 Å². The molecule has 120 valence electrons. The average Bonchev–Trinajstić information content (AvgIpc) is 2.52. The van der Waals surface area contributed by atoms with Crippen molar-refractivity contribution in [1.29, 1.82) is 0 Å². The number of halogens is 2. The molecule has 0 saturated heterocycles. The Hall–Kier alpha value is -2.21. The highest BCUT2D eigenvalue weighted by Crippen LogP contribution is 2.23. The minimum absolute atomic E-state index is 0.222. The van der Waals surface area contributed by atoms with Gasteiger partial charge in [0.05, 0.1) is 5.56 Å². The number of rotatable bonds is 4. The Morgan fingerprint density at radius 3 is 2.35 bits per heavy atom. The zero-order chi connectivity index (χ0) is 17.0. The Kier molecular flexibility index (Phi) is 5.50. The van der Waals surface area contributed by atoms with Gasteiger partial charge < -0.3 is 9.64 Å². The summed E-state index contributed by atoms with van der Waals surface area (Å²) < 4.78 is 19.7. The maximum Gasteiger partial charge on any atom is 0.342 e. The first-order valence-corrected chi connectivity index (χ1v) is 7.61. The van der Waals surface area contributed by atoms with E-state index in [9.17, 15) is 14.0 Å². The summed E-state index contributed by atoms with van der Waals surface area (Å²) in [4.78, 5) is 25.9. The van der Waals surface area contributed by atoms with E-state index in [0.29, 0.717) is 10.0 Å². The van der Waals surface area contributed by atoms with Gasteiger partial charge >= 0.3 is 5.97 Å². The van der Waals surface area contributed by atoms with Crippen LogP contribution in [0.15, 0.2) is 53.0 Å². The molecule has 0 radical (unpaired) electrons. The van der Waals surface area contributed by atoms with E-state index in [-0.39, 0.29) is 5.56 Å². The molecule has 2 rings (SSSR count). The van der Waals surface area contributed by atoms with Crippen molar-refractivity contribution in [2.75, 3.05) is 14.1 Å². The molecule has 0 N–H and O–H groups in total. The van der Waals surface area contributed by atoms with Crippen LogP contribution in [-0.2, 0) is 9.53 Å². The molecule has 0 aliphatic rings. The van der Waals surface area contributed by atoms with Gasteiger partial charge in [0.2, 0.25) is 6.10 Å². The summed E-state index contributed by atoms with van der Waals surface area (Å²) in [5.74, 6) is -2.00. The quantitative estimate of drug-likeness (QED) is 0.762. The molecule has 0 saturated carbocycles. The lowest BCUT2D eigenvalue weighted by Crippen LogP contribution is -2.31. The number of nitrogens with zero attached hydrogens (tertiary/aromatic N) is 1. The summed E-state index contributed by atoms with van der Waals surface area (Å²) in [6, 6.07) is 12.6. The maximum atomic E-state index is 13.9. The largest absolute Gasteiger partial charge is 0.444 e. The van der Waals surface area contributed by atoms with Gasteiger partial charge in [0.1, 0.15) is 5.82 Å². The Balaban J connectivity index is 2.30. The number of esters is 1. The van der Waals surface area contributed by atoms with Crippen molar-refractivity contribution in [3.8, 4) is 0 Å². The van der Waals surface area contributed by atoms with Gasteiger partial charge in [-0.15, -0.1) is 0 Å². The highest BCUT2D eigenvalue weighted by molar-refractivity contribution is 9.10. The fourth-order valence-electron chi connectivity index (χ4n) is 1.95. The Morgan fingerprint density at radius 2 is 1.78 bits per heavy atom. The van der Waals surface area contributed by atoms with Crippen LogP contribution in [0, 0.1) is 5.82 Å². The van der Waals surface area contributed by atoms with Gasteiger partial charge in [0.25, 0.3) is 5.91 Å². The minimum atomic E-state index is -1.12. The molecular weight excluding hydrogens is 365 g/mol. The molecule has 0 aliphatic carbocycles. The van der Waals surface area contributed by atoms with Gasteiger partial charge in [-0.3, -0.25) is 4.79 Å². The van der Waals surface area contributed by atoms with Crippen molar-refractivity contribution in [3.63, 3.8) is 0 Å². The van der Waals surface area contributed by atoms with Crippen LogP contribution in [0.5, 0.6) is 0 Å². The molecule has 2 aromatic carbocycles. The summed E-state index contributed by atoms with van der Waals surface area (Å²) in [6.07, 6.45) is -1.12. The van der Waals surface area contributed by atoms with Crippen molar-refractivity contribution >= 4 is 27.8 Å². The van der Waals surface area contributed by atoms with Crippen LogP contribution in [0.1, 0.15) is 22.0 Å². The molecule has 0 spiro atoms.